The van der Waals surface area contributed by atoms with E-state index in [1.54, 1.807) is 6.92 Å². The highest BCUT2D eigenvalue weighted by Gasteiger charge is 2.30. The number of nitrogens with zero attached hydrogens (tertiary/aromatic N) is 1. The Kier molecular flexibility index (Phi) is 5.57. The molecule has 4 nitrogen and oxygen atoms in total. The predicted octanol–water partition coefficient (Wildman–Crippen LogP) is 3.13. The third-order valence-electron chi connectivity index (χ3n) is 3.62. The summed E-state index contributed by atoms with van der Waals surface area (Å²) in [6, 6.07) is 3.66. The van der Waals surface area contributed by atoms with Gasteiger partial charge in [0, 0.05) is 13.5 Å². The lowest BCUT2D eigenvalue weighted by atomic mass is 9.96. The molecule has 0 spiro atoms. The number of halogens is 3. The molecule has 22 heavy (non-hydrogen) atoms. The van der Waals surface area contributed by atoms with Gasteiger partial charge in [-0.25, -0.2) is 4.79 Å². The summed E-state index contributed by atoms with van der Waals surface area (Å²) in [5.41, 5.74) is -0.149. The van der Waals surface area contributed by atoms with Crippen molar-refractivity contribution >= 4 is 11.9 Å². The van der Waals surface area contributed by atoms with Crippen molar-refractivity contribution in [2.24, 2.45) is 0 Å². The molecule has 1 amide bonds. The highest BCUT2D eigenvalue weighted by molar-refractivity contribution is 5.83. The molecular formula is C15H18F3NO3. The van der Waals surface area contributed by atoms with E-state index in [0.717, 1.165) is 17.0 Å². The second-order valence-electron chi connectivity index (χ2n) is 5.24. The Balaban J connectivity index is 2.75. The molecule has 0 fully saturated rings. The van der Waals surface area contributed by atoms with Gasteiger partial charge in [0.2, 0.25) is 5.91 Å². The third kappa shape index (κ3) is 4.47. The Hall–Kier alpha value is -2.05. The van der Waals surface area contributed by atoms with Crippen LogP contribution in [0.25, 0.3) is 0 Å². The van der Waals surface area contributed by atoms with Crippen molar-refractivity contribution in [3.63, 3.8) is 0 Å². The number of amides is 1. The van der Waals surface area contributed by atoms with Crippen LogP contribution in [0, 0.1) is 0 Å². The third-order valence-corrected chi connectivity index (χ3v) is 3.62. The number of carbonyl (C=O) groups is 2. The van der Waals surface area contributed by atoms with Crippen LogP contribution in [-0.4, -0.2) is 35.0 Å². The lowest BCUT2D eigenvalue weighted by Crippen LogP contribution is -2.40. The van der Waals surface area contributed by atoms with E-state index in [4.69, 9.17) is 5.11 Å². The molecule has 1 aromatic carbocycles. The lowest BCUT2D eigenvalue weighted by Gasteiger charge is -2.23. The first-order chi connectivity index (χ1) is 10.0. The number of likely N-dealkylation sites (N-methyl/N-ethyl adjacent to an activating group) is 1. The van der Waals surface area contributed by atoms with Gasteiger partial charge in [-0.2, -0.15) is 13.2 Å². The Morgan fingerprint density at radius 2 is 1.68 bits per heavy atom. The van der Waals surface area contributed by atoms with Crippen LogP contribution in [0.2, 0.25) is 0 Å². The highest BCUT2D eigenvalue weighted by atomic mass is 19.4. The Morgan fingerprint density at radius 1 is 1.18 bits per heavy atom. The van der Waals surface area contributed by atoms with Crippen molar-refractivity contribution < 1.29 is 27.9 Å². The number of hydrogen-bond acceptors (Lipinski definition) is 2. The topological polar surface area (TPSA) is 57.6 Å². The second-order valence-corrected chi connectivity index (χ2v) is 5.24. The van der Waals surface area contributed by atoms with E-state index in [1.807, 2.05) is 0 Å². The van der Waals surface area contributed by atoms with Crippen LogP contribution in [0.3, 0.4) is 0 Å². The number of hydrogen-bond donors (Lipinski definition) is 1. The van der Waals surface area contributed by atoms with E-state index < -0.39 is 23.8 Å². The van der Waals surface area contributed by atoms with E-state index in [9.17, 15) is 22.8 Å². The molecule has 0 bridgehead atoms. The molecule has 2 atom stereocenters. The van der Waals surface area contributed by atoms with Crippen molar-refractivity contribution in [1.29, 1.82) is 0 Å². The molecule has 0 aromatic heterocycles. The second kappa shape index (κ2) is 6.81. The van der Waals surface area contributed by atoms with E-state index in [-0.39, 0.29) is 18.2 Å². The van der Waals surface area contributed by atoms with Gasteiger partial charge in [0.05, 0.1) is 5.56 Å². The summed E-state index contributed by atoms with van der Waals surface area (Å²) < 4.78 is 37.5. The molecular weight excluding hydrogens is 299 g/mol. The van der Waals surface area contributed by atoms with Gasteiger partial charge >= 0.3 is 12.1 Å². The average Bonchev–Trinajstić information content (AvgIpc) is 2.44. The predicted molar refractivity (Wildman–Crippen MR) is 74.3 cm³/mol. The van der Waals surface area contributed by atoms with Crippen molar-refractivity contribution in [2.75, 3.05) is 7.05 Å². The molecule has 2 unspecified atom stereocenters. The zero-order valence-electron chi connectivity index (χ0n) is 12.5. The van der Waals surface area contributed by atoms with E-state index in [0.29, 0.717) is 5.56 Å². The molecule has 0 saturated heterocycles. The molecule has 1 rings (SSSR count). The lowest BCUT2D eigenvalue weighted by molar-refractivity contribution is -0.148. The summed E-state index contributed by atoms with van der Waals surface area (Å²) in [4.78, 5) is 23.9. The van der Waals surface area contributed by atoms with Crippen molar-refractivity contribution in [3.05, 3.63) is 35.4 Å². The Labute approximate surface area is 126 Å². The highest BCUT2D eigenvalue weighted by Crippen LogP contribution is 2.30. The van der Waals surface area contributed by atoms with Gasteiger partial charge in [0.15, 0.2) is 0 Å². The first kappa shape index (κ1) is 18.0. The SMILES string of the molecule is CC(CC(=O)N(C)C(C)C(=O)O)c1ccc(C(F)(F)F)cc1. The molecule has 0 aliphatic carbocycles. The summed E-state index contributed by atoms with van der Waals surface area (Å²) in [6.45, 7) is 3.10. The minimum Gasteiger partial charge on any atom is -0.480 e. The maximum atomic E-state index is 12.5. The van der Waals surface area contributed by atoms with Crippen molar-refractivity contribution in [2.45, 2.75) is 38.4 Å². The molecule has 0 radical (unpaired) electrons. The molecule has 0 aliphatic heterocycles. The number of alkyl halides is 3. The maximum absolute atomic E-state index is 12.5. The van der Waals surface area contributed by atoms with Crippen molar-refractivity contribution in [1.82, 2.24) is 4.90 Å². The molecule has 122 valence electrons. The van der Waals surface area contributed by atoms with Crippen LogP contribution in [0.1, 0.15) is 37.3 Å². The first-order valence-electron chi connectivity index (χ1n) is 6.69. The Morgan fingerprint density at radius 3 is 2.09 bits per heavy atom. The zero-order chi connectivity index (χ0) is 17.1. The molecule has 7 heteroatoms. The molecule has 0 heterocycles. The number of benzene rings is 1. The fourth-order valence-corrected chi connectivity index (χ4v) is 1.91. The zero-order valence-corrected chi connectivity index (χ0v) is 12.5. The van der Waals surface area contributed by atoms with Gasteiger partial charge in [-0.05, 0) is 30.5 Å². The number of rotatable bonds is 5. The standard InChI is InChI=1S/C15H18F3NO3/c1-9(8-13(20)19(3)10(2)14(21)22)11-4-6-12(7-5-11)15(16,17)18/h4-7,9-10H,8H2,1-3H3,(H,21,22). The van der Waals surface area contributed by atoms with Gasteiger partial charge in [0.25, 0.3) is 0 Å². The smallest absolute Gasteiger partial charge is 0.416 e. The van der Waals surface area contributed by atoms with Gasteiger partial charge in [-0.3, -0.25) is 4.79 Å². The summed E-state index contributed by atoms with van der Waals surface area (Å²) in [7, 11) is 1.39. The van der Waals surface area contributed by atoms with Crippen LogP contribution < -0.4 is 0 Å². The van der Waals surface area contributed by atoms with Gasteiger partial charge in [-0.15, -0.1) is 0 Å². The van der Waals surface area contributed by atoms with Crippen LogP contribution in [0.5, 0.6) is 0 Å². The summed E-state index contributed by atoms with van der Waals surface area (Å²) in [5, 5.41) is 8.86. The monoisotopic (exact) mass is 317 g/mol. The van der Waals surface area contributed by atoms with Gasteiger partial charge < -0.3 is 10.0 Å². The number of carbonyl (C=O) groups excluding carboxylic acids is 1. The van der Waals surface area contributed by atoms with Crippen LogP contribution >= 0.6 is 0 Å². The molecule has 1 N–H and O–H groups in total. The number of aliphatic carboxylic acids is 1. The molecule has 1 aromatic rings. The molecule has 0 saturated carbocycles. The average molecular weight is 317 g/mol. The minimum atomic E-state index is -4.39. The maximum Gasteiger partial charge on any atom is 0.416 e. The minimum absolute atomic E-state index is 0.0273. The van der Waals surface area contributed by atoms with Crippen molar-refractivity contribution in [3.8, 4) is 0 Å². The number of carboxylic acid groups (broad SMARTS) is 1. The van der Waals surface area contributed by atoms with E-state index in [2.05, 4.69) is 0 Å². The Bertz CT molecular complexity index is 540. The van der Waals surface area contributed by atoms with Crippen LogP contribution in [0.4, 0.5) is 13.2 Å². The summed E-state index contributed by atoms with van der Waals surface area (Å²) >= 11 is 0. The number of carboxylic acids is 1. The van der Waals surface area contributed by atoms with Gasteiger partial charge in [-0.1, -0.05) is 19.1 Å². The fraction of sp³-hybridized carbons (Fsp3) is 0.467. The summed E-state index contributed by atoms with van der Waals surface area (Å²) in [6.07, 6.45) is -4.37. The quantitative estimate of drug-likeness (QED) is 0.907. The van der Waals surface area contributed by atoms with Crippen LogP contribution in [-0.2, 0) is 15.8 Å². The van der Waals surface area contributed by atoms with Crippen LogP contribution in [0.15, 0.2) is 24.3 Å². The largest absolute Gasteiger partial charge is 0.480 e. The fourth-order valence-electron chi connectivity index (χ4n) is 1.91. The van der Waals surface area contributed by atoms with E-state index >= 15 is 0 Å². The van der Waals surface area contributed by atoms with Gasteiger partial charge in [0.1, 0.15) is 6.04 Å². The molecule has 0 aliphatic rings. The summed E-state index contributed by atoms with van der Waals surface area (Å²) in [5.74, 6) is -1.79. The van der Waals surface area contributed by atoms with E-state index in [1.165, 1.54) is 26.1 Å². The normalized spacial score (nSPS) is 14.3. The first-order valence-corrected chi connectivity index (χ1v) is 6.69.